The van der Waals surface area contributed by atoms with E-state index >= 15 is 0 Å². The van der Waals surface area contributed by atoms with Gasteiger partial charge in [-0.25, -0.2) is 0 Å². The molecule has 0 bridgehead atoms. The van der Waals surface area contributed by atoms with Crippen molar-refractivity contribution in [1.82, 2.24) is 5.32 Å². The Morgan fingerprint density at radius 1 is 1.25 bits per heavy atom. The number of aliphatic hydroxyl groups excluding tert-OH is 2. The molecule has 0 saturated carbocycles. The highest BCUT2D eigenvalue weighted by Gasteiger charge is 2.37. The molecule has 1 rings (SSSR count). The topological polar surface area (TPSA) is 61.7 Å². The normalized spacial score (nSPS) is 14.9. The van der Waals surface area contributed by atoms with Crippen LogP contribution in [0.1, 0.15) is 0 Å². The fraction of sp³-hybridized carbons (Fsp3) is 0.500. The molecule has 0 heterocycles. The zero-order valence-electron chi connectivity index (χ0n) is 10.4. The van der Waals surface area contributed by atoms with E-state index in [1.807, 2.05) is 0 Å². The molecule has 0 aliphatic heterocycles. The maximum atomic E-state index is 12.0. The van der Waals surface area contributed by atoms with E-state index in [0.29, 0.717) is 10.8 Å². The van der Waals surface area contributed by atoms with Gasteiger partial charge in [0, 0.05) is 18.1 Å². The molecule has 2 unspecified atom stereocenters. The van der Waals surface area contributed by atoms with Crippen molar-refractivity contribution in [3.8, 4) is 5.75 Å². The lowest BCUT2D eigenvalue weighted by Crippen LogP contribution is -2.41. The van der Waals surface area contributed by atoms with Gasteiger partial charge in [0.15, 0.2) is 6.10 Å². The highest BCUT2D eigenvalue weighted by molar-refractivity contribution is 6.30. The summed E-state index contributed by atoms with van der Waals surface area (Å²) < 4.78 is 41.2. The Balaban J connectivity index is 2.22. The van der Waals surface area contributed by atoms with E-state index < -0.39 is 24.9 Å². The minimum absolute atomic E-state index is 0.102. The van der Waals surface area contributed by atoms with E-state index in [9.17, 15) is 18.3 Å². The van der Waals surface area contributed by atoms with Crippen LogP contribution >= 0.6 is 11.6 Å². The van der Waals surface area contributed by atoms with E-state index in [1.54, 1.807) is 24.3 Å². The van der Waals surface area contributed by atoms with Gasteiger partial charge >= 0.3 is 6.18 Å². The summed E-state index contributed by atoms with van der Waals surface area (Å²) in [6, 6.07) is 6.52. The SMILES string of the molecule is OC(CNCC(O)C(F)(F)F)COc1cccc(Cl)c1. The maximum absolute atomic E-state index is 12.0. The smallest absolute Gasteiger partial charge is 0.415 e. The monoisotopic (exact) mass is 313 g/mol. The summed E-state index contributed by atoms with van der Waals surface area (Å²) in [6.07, 6.45) is -8.13. The minimum Gasteiger partial charge on any atom is -0.491 e. The van der Waals surface area contributed by atoms with Crippen LogP contribution in [0.5, 0.6) is 5.75 Å². The Bertz CT molecular complexity index is 417. The Labute approximate surface area is 119 Å². The van der Waals surface area contributed by atoms with Crippen molar-refractivity contribution in [3.63, 3.8) is 0 Å². The highest BCUT2D eigenvalue weighted by Crippen LogP contribution is 2.19. The Kier molecular flexibility index (Phi) is 6.54. The van der Waals surface area contributed by atoms with E-state index in [1.165, 1.54) is 0 Å². The van der Waals surface area contributed by atoms with E-state index in [0.717, 1.165) is 0 Å². The number of alkyl halides is 3. The van der Waals surface area contributed by atoms with Gasteiger partial charge in [-0.15, -0.1) is 0 Å². The first-order valence-electron chi connectivity index (χ1n) is 5.81. The number of hydrogen-bond donors (Lipinski definition) is 3. The highest BCUT2D eigenvalue weighted by atomic mass is 35.5. The number of benzene rings is 1. The van der Waals surface area contributed by atoms with Crippen molar-refractivity contribution < 1.29 is 28.1 Å². The molecule has 1 aromatic rings. The molecule has 2 atom stereocenters. The van der Waals surface area contributed by atoms with Crippen LogP contribution in [0.25, 0.3) is 0 Å². The average Bonchev–Trinajstić information content (AvgIpc) is 2.35. The lowest BCUT2D eigenvalue weighted by molar-refractivity contribution is -0.202. The van der Waals surface area contributed by atoms with E-state index in [4.69, 9.17) is 21.4 Å². The number of ether oxygens (including phenoxy) is 1. The first-order chi connectivity index (χ1) is 9.29. The van der Waals surface area contributed by atoms with Gasteiger partial charge in [0.25, 0.3) is 0 Å². The summed E-state index contributed by atoms with van der Waals surface area (Å²) in [5.74, 6) is 0.451. The Morgan fingerprint density at radius 2 is 1.95 bits per heavy atom. The van der Waals surface area contributed by atoms with Gasteiger partial charge in [-0.1, -0.05) is 17.7 Å². The molecule has 0 amide bonds. The molecule has 0 aromatic heterocycles. The molecule has 114 valence electrons. The molecule has 4 nitrogen and oxygen atoms in total. The third kappa shape index (κ3) is 6.42. The van der Waals surface area contributed by atoms with Gasteiger partial charge in [0.2, 0.25) is 0 Å². The van der Waals surface area contributed by atoms with Crippen LogP contribution in [0.2, 0.25) is 5.02 Å². The zero-order valence-corrected chi connectivity index (χ0v) is 11.2. The number of aliphatic hydroxyl groups is 2. The number of halogens is 4. The summed E-state index contributed by atoms with van der Waals surface area (Å²) >= 11 is 5.73. The predicted molar refractivity (Wildman–Crippen MR) is 67.9 cm³/mol. The first-order valence-corrected chi connectivity index (χ1v) is 6.18. The van der Waals surface area contributed by atoms with Gasteiger partial charge in [0.1, 0.15) is 18.5 Å². The van der Waals surface area contributed by atoms with Crippen LogP contribution in [0.3, 0.4) is 0 Å². The molecule has 0 aliphatic carbocycles. The van der Waals surface area contributed by atoms with Crippen LogP contribution < -0.4 is 10.1 Å². The van der Waals surface area contributed by atoms with Crippen LogP contribution in [0.15, 0.2) is 24.3 Å². The van der Waals surface area contributed by atoms with Crippen LogP contribution in [0, 0.1) is 0 Å². The van der Waals surface area contributed by atoms with Gasteiger partial charge in [-0.05, 0) is 18.2 Å². The number of nitrogens with one attached hydrogen (secondary N) is 1. The van der Waals surface area contributed by atoms with Crippen LogP contribution in [-0.2, 0) is 0 Å². The summed E-state index contributed by atoms with van der Waals surface area (Å²) in [5.41, 5.74) is 0. The molecular formula is C12H15ClF3NO3. The third-order valence-electron chi connectivity index (χ3n) is 2.33. The van der Waals surface area contributed by atoms with Crippen molar-refractivity contribution in [2.24, 2.45) is 0 Å². The molecule has 0 aliphatic rings. The summed E-state index contributed by atoms with van der Waals surface area (Å²) in [5, 5.41) is 21.0. The summed E-state index contributed by atoms with van der Waals surface area (Å²) in [4.78, 5) is 0. The zero-order chi connectivity index (χ0) is 15.2. The molecule has 0 fully saturated rings. The fourth-order valence-electron chi connectivity index (χ4n) is 1.31. The molecule has 0 saturated heterocycles. The number of rotatable bonds is 7. The van der Waals surface area contributed by atoms with Crippen molar-refractivity contribution in [3.05, 3.63) is 29.3 Å². The van der Waals surface area contributed by atoms with Crippen molar-refractivity contribution in [2.45, 2.75) is 18.4 Å². The first kappa shape index (κ1) is 17.0. The lowest BCUT2D eigenvalue weighted by atomic mass is 10.3. The third-order valence-corrected chi connectivity index (χ3v) is 2.57. The standard InChI is InChI=1S/C12H15ClF3NO3/c13-8-2-1-3-10(4-8)20-7-9(18)5-17-6-11(19)12(14,15)16/h1-4,9,11,17-19H,5-7H2. The summed E-state index contributed by atoms with van der Waals surface area (Å²) in [6.45, 7) is -0.916. The van der Waals surface area contributed by atoms with Crippen LogP contribution in [-0.4, -0.2) is 48.3 Å². The maximum Gasteiger partial charge on any atom is 0.415 e. The minimum atomic E-state index is -4.67. The molecule has 3 N–H and O–H groups in total. The molecular weight excluding hydrogens is 299 g/mol. The molecule has 1 aromatic carbocycles. The predicted octanol–water partition coefficient (Wildman–Crippen LogP) is 1.59. The number of hydrogen-bond acceptors (Lipinski definition) is 4. The molecule has 0 radical (unpaired) electrons. The second-order valence-corrected chi connectivity index (χ2v) is 4.57. The molecule has 0 spiro atoms. The Morgan fingerprint density at radius 3 is 2.55 bits per heavy atom. The molecule has 20 heavy (non-hydrogen) atoms. The largest absolute Gasteiger partial charge is 0.491 e. The lowest BCUT2D eigenvalue weighted by Gasteiger charge is -2.17. The summed E-state index contributed by atoms with van der Waals surface area (Å²) in [7, 11) is 0. The van der Waals surface area contributed by atoms with E-state index in [2.05, 4.69) is 5.32 Å². The van der Waals surface area contributed by atoms with Crippen molar-refractivity contribution in [1.29, 1.82) is 0 Å². The van der Waals surface area contributed by atoms with Gasteiger partial charge < -0.3 is 20.3 Å². The Hall–Kier alpha value is -1.02. The van der Waals surface area contributed by atoms with Gasteiger partial charge in [-0.3, -0.25) is 0 Å². The fourth-order valence-corrected chi connectivity index (χ4v) is 1.49. The van der Waals surface area contributed by atoms with Crippen LogP contribution in [0.4, 0.5) is 13.2 Å². The second-order valence-electron chi connectivity index (χ2n) is 4.14. The van der Waals surface area contributed by atoms with Gasteiger partial charge in [0.05, 0.1) is 0 Å². The second kappa shape index (κ2) is 7.68. The quantitative estimate of drug-likeness (QED) is 0.715. The van der Waals surface area contributed by atoms with Crippen molar-refractivity contribution in [2.75, 3.05) is 19.7 Å². The average molecular weight is 314 g/mol. The van der Waals surface area contributed by atoms with Gasteiger partial charge in [-0.2, -0.15) is 13.2 Å². The van der Waals surface area contributed by atoms with E-state index in [-0.39, 0.29) is 13.2 Å². The van der Waals surface area contributed by atoms with Crippen molar-refractivity contribution >= 4 is 11.6 Å². The molecule has 8 heteroatoms.